The number of aliphatic imine (C=N–C) groups is 1. The normalized spacial score (nSPS) is 14.6. The Morgan fingerprint density at radius 1 is 1.15 bits per heavy atom. The number of amides is 2. The monoisotopic (exact) mass is 443 g/mol. The van der Waals surface area contributed by atoms with Crippen molar-refractivity contribution in [3.05, 3.63) is 65.2 Å². The van der Waals surface area contributed by atoms with Crippen molar-refractivity contribution in [1.29, 1.82) is 0 Å². The minimum atomic E-state index is -0.694. The van der Waals surface area contributed by atoms with Crippen LogP contribution in [0, 0.1) is 6.92 Å². The van der Waals surface area contributed by atoms with Gasteiger partial charge in [-0.3, -0.25) is 14.5 Å². The van der Waals surface area contributed by atoms with Crippen LogP contribution in [0.25, 0.3) is 11.3 Å². The van der Waals surface area contributed by atoms with Crippen molar-refractivity contribution in [1.82, 2.24) is 15.0 Å². The fraction of sp³-hybridized carbons (Fsp3) is 0.280. The predicted molar refractivity (Wildman–Crippen MR) is 126 cm³/mol. The summed E-state index contributed by atoms with van der Waals surface area (Å²) in [6.45, 7) is 5.83. The molecule has 3 heterocycles. The Balaban J connectivity index is 1.67. The number of rotatable bonds is 4. The summed E-state index contributed by atoms with van der Waals surface area (Å²) in [4.78, 5) is 44.2. The Labute approximate surface area is 192 Å². The van der Waals surface area contributed by atoms with Crippen molar-refractivity contribution in [2.24, 2.45) is 4.99 Å². The van der Waals surface area contributed by atoms with Gasteiger partial charge >= 0.3 is 5.91 Å². The van der Waals surface area contributed by atoms with Crippen LogP contribution in [-0.4, -0.2) is 46.1 Å². The lowest BCUT2D eigenvalue weighted by Gasteiger charge is -2.14. The van der Waals surface area contributed by atoms with E-state index in [1.165, 1.54) is 10.5 Å². The third-order valence-corrected chi connectivity index (χ3v) is 5.49. The molecule has 8 heteroatoms. The molecule has 4 rings (SSSR count). The van der Waals surface area contributed by atoms with Crippen molar-refractivity contribution >= 4 is 23.3 Å². The summed E-state index contributed by atoms with van der Waals surface area (Å²) < 4.78 is 5.73. The van der Waals surface area contributed by atoms with Crippen molar-refractivity contribution in [3.63, 3.8) is 0 Å². The number of fused-ring (bicyclic) bond motifs is 1. The average Bonchev–Trinajstić information content (AvgIpc) is 2.95. The molecule has 0 unspecified atom stereocenters. The Morgan fingerprint density at radius 3 is 2.73 bits per heavy atom. The molecule has 0 aliphatic carbocycles. The van der Waals surface area contributed by atoms with Crippen molar-refractivity contribution in [2.75, 3.05) is 18.6 Å². The number of anilines is 1. The largest absolute Gasteiger partial charge is 0.483 e. The molecule has 2 amide bonds. The molecular weight excluding hydrogens is 418 g/mol. The summed E-state index contributed by atoms with van der Waals surface area (Å²) in [5.41, 5.74) is 4.58. The minimum Gasteiger partial charge on any atom is -0.483 e. The molecule has 1 aliphatic heterocycles. The lowest BCUT2D eigenvalue weighted by Crippen LogP contribution is -2.35. The van der Waals surface area contributed by atoms with Crippen molar-refractivity contribution in [3.8, 4) is 17.0 Å². The van der Waals surface area contributed by atoms with Gasteiger partial charge in [-0.2, -0.15) is 0 Å². The van der Waals surface area contributed by atoms with Crippen LogP contribution in [-0.2, 0) is 17.6 Å². The smallest absolute Gasteiger partial charge is 0.315 e. The van der Waals surface area contributed by atoms with E-state index < -0.39 is 11.8 Å². The van der Waals surface area contributed by atoms with E-state index in [2.05, 4.69) is 39.0 Å². The fourth-order valence-electron chi connectivity index (χ4n) is 3.60. The van der Waals surface area contributed by atoms with E-state index in [1.54, 1.807) is 25.5 Å². The number of aryl methyl sites for hydroxylation is 3. The number of ether oxygens (including phenoxy) is 1. The molecule has 3 aromatic rings. The number of carbonyl (C=O) groups excluding carboxylic acids is 2. The molecule has 0 fully saturated rings. The highest BCUT2D eigenvalue weighted by Gasteiger charge is 2.28. The van der Waals surface area contributed by atoms with E-state index in [0.717, 1.165) is 29.5 Å². The maximum absolute atomic E-state index is 13.0. The highest BCUT2D eigenvalue weighted by Crippen LogP contribution is 2.28. The second-order valence-corrected chi connectivity index (χ2v) is 7.83. The molecule has 0 saturated heterocycles. The van der Waals surface area contributed by atoms with Crippen LogP contribution in [0.4, 0.5) is 5.82 Å². The third kappa shape index (κ3) is 4.50. The summed E-state index contributed by atoms with van der Waals surface area (Å²) in [5.74, 6) is -0.377. The number of aromatic nitrogens is 3. The van der Waals surface area contributed by atoms with Gasteiger partial charge in [0.15, 0.2) is 11.6 Å². The predicted octanol–water partition coefficient (Wildman–Crippen LogP) is 3.61. The molecule has 2 aromatic heterocycles. The third-order valence-electron chi connectivity index (χ3n) is 5.49. The van der Waals surface area contributed by atoms with Crippen LogP contribution in [0.15, 0.2) is 47.7 Å². The lowest BCUT2D eigenvalue weighted by molar-refractivity contribution is -0.112. The van der Waals surface area contributed by atoms with Crippen LogP contribution in [0.5, 0.6) is 5.75 Å². The van der Waals surface area contributed by atoms with Crippen LogP contribution < -0.4 is 9.64 Å². The van der Waals surface area contributed by atoms with E-state index >= 15 is 0 Å². The van der Waals surface area contributed by atoms with E-state index in [4.69, 9.17) is 4.74 Å². The van der Waals surface area contributed by atoms with Crippen molar-refractivity contribution < 1.29 is 14.3 Å². The highest BCUT2D eigenvalue weighted by molar-refractivity contribution is 6.46. The lowest BCUT2D eigenvalue weighted by atomic mass is 10.0. The van der Waals surface area contributed by atoms with Gasteiger partial charge in [-0.1, -0.05) is 32.0 Å². The molecule has 1 aliphatic rings. The summed E-state index contributed by atoms with van der Waals surface area (Å²) >= 11 is 0. The Hall–Kier alpha value is -3.94. The van der Waals surface area contributed by atoms with Gasteiger partial charge in [-0.25, -0.2) is 19.9 Å². The zero-order valence-corrected chi connectivity index (χ0v) is 19.1. The van der Waals surface area contributed by atoms with E-state index in [9.17, 15) is 9.59 Å². The first-order valence-corrected chi connectivity index (χ1v) is 10.9. The van der Waals surface area contributed by atoms with Crippen LogP contribution in [0.3, 0.4) is 0 Å². The number of hydrogen-bond donors (Lipinski definition) is 0. The van der Waals surface area contributed by atoms with E-state index in [1.807, 2.05) is 26.0 Å². The second-order valence-electron chi connectivity index (χ2n) is 7.83. The molecule has 0 N–H and O–H groups in total. The maximum Gasteiger partial charge on any atom is 0.315 e. The number of nitrogens with zero attached hydrogens (tertiary/aromatic N) is 5. The summed E-state index contributed by atoms with van der Waals surface area (Å²) in [7, 11) is 1.57. The number of carbonyl (C=O) groups is 2. The second kappa shape index (κ2) is 9.28. The first-order chi connectivity index (χ1) is 15.9. The first kappa shape index (κ1) is 22.3. The Morgan fingerprint density at radius 2 is 1.97 bits per heavy atom. The topological polar surface area (TPSA) is 97.6 Å². The molecule has 0 saturated carbocycles. The van der Waals surface area contributed by atoms with Gasteiger partial charge in [0.1, 0.15) is 12.3 Å². The molecule has 0 radical (unpaired) electrons. The van der Waals surface area contributed by atoms with Gasteiger partial charge in [0, 0.05) is 25.0 Å². The molecule has 1 aromatic carbocycles. The van der Waals surface area contributed by atoms with Crippen LogP contribution >= 0.6 is 0 Å². The van der Waals surface area contributed by atoms with Crippen LogP contribution in [0.2, 0.25) is 0 Å². The van der Waals surface area contributed by atoms with Gasteiger partial charge in [0.25, 0.3) is 5.91 Å². The SMILES string of the molecule is CCc1cccc(-c2nc(C(=O)N=C3COc4cc(C)cnc4N(C)C3=O)ncc2CC)c1. The molecule has 0 atom stereocenters. The number of pyridine rings is 1. The molecule has 0 spiro atoms. The number of hydrogen-bond acceptors (Lipinski definition) is 6. The van der Waals surface area contributed by atoms with Crippen LogP contribution in [0.1, 0.15) is 41.2 Å². The number of benzene rings is 1. The summed E-state index contributed by atoms with van der Waals surface area (Å²) in [6, 6.07) is 9.84. The van der Waals surface area contributed by atoms with Gasteiger partial charge < -0.3 is 4.74 Å². The zero-order chi connectivity index (χ0) is 23.5. The minimum absolute atomic E-state index is 0.0316. The maximum atomic E-state index is 13.0. The molecular formula is C25H25N5O3. The van der Waals surface area contributed by atoms with Gasteiger partial charge in [0.2, 0.25) is 5.82 Å². The zero-order valence-electron chi connectivity index (χ0n) is 19.1. The Kier molecular flexibility index (Phi) is 6.26. The summed E-state index contributed by atoms with van der Waals surface area (Å²) in [6.07, 6.45) is 4.91. The first-order valence-electron chi connectivity index (χ1n) is 10.9. The van der Waals surface area contributed by atoms with Crippen molar-refractivity contribution in [2.45, 2.75) is 33.6 Å². The fourth-order valence-corrected chi connectivity index (χ4v) is 3.60. The molecule has 8 nitrogen and oxygen atoms in total. The molecule has 33 heavy (non-hydrogen) atoms. The highest BCUT2D eigenvalue weighted by atomic mass is 16.5. The molecule has 0 bridgehead atoms. The molecule has 168 valence electrons. The standard InChI is InChI=1S/C25H25N5O3/c1-5-16-8-7-9-18(11-16)21-17(6-2)13-26-22(29-21)24(31)28-19-14-33-20-10-15(3)12-27-23(20)30(4)25(19)32/h7-13H,5-6,14H2,1-4H3. The Bertz CT molecular complexity index is 1270. The van der Waals surface area contributed by atoms with E-state index in [0.29, 0.717) is 17.3 Å². The van der Waals surface area contributed by atoms with Gasteiger partial charge in [0.05, 0.1) is 5.69 Å². The van der Waals surface area contributed by atoms with Gasteiger partial charge in [-0.15, -0.1) is 0 Å². The van der Waals surface area contributed by atoms with Gasteiger partial charge in [-0.05, 0) is 48.6 Å². The average molecular weight is 444 g/mol. The quantitative estimate of drug-likeness (QED) is 0.611. The van der Waals surface area contributed by atoms with E-state index in [-0.39, 0.29) is 18.1 Å². The summed E-state index contributed by atoms with van der Waals surface area (Å²) in [5, 5.41) is 0.